The summed E-state index contributed by atoms with van der Waals surface area (Å²) < 4.78 is 0.802. The molecule has 0 saturated heterocycles. The van der Waals surface area contributed by atoms with Crippen LogP contribution in [0.1, 0.15) is 35.7 Å². The molecule has 2 amide bonds. The number of halogens is 1. The molecule has 24 heavy (non-hydrogen) atoms. The Morgan fingerprint density at radius 3 is 2.29 bits per heavy atom. The predicted octanol–water partition coefficient (Wildman–Crippen LogP) is 4.28. The van der Waals surface area contributed by atoms with Crippen molar-refractivity contribution in [2.75, 3.05) is 18.9 Å². The summed E-state index contributed by atoms with van der Waals surface area (Å²) in [6.45, 7) is 4.20. The van der Waals surface area contributed by atoms with Gasteiger partial charge in [-0.2, -0.15) is 0 Å². The van der Waals surface area contributed by atoms with Crippen LogP contribution in [0, 0.1) is 0 Å². The van der Waals surface area contributed by atoms with Crippen LogP contribution in [0.4, 0.5) is 5.69 Å². The Labute approximate surface area is 151 Å². The van der Waals surface area contributed by atoms with E-state index in [0.29, 0.717) is 17.2 Å². The molecule has 2 aromatic carbocycles. The Morgan fingerprint density at radius 1 is 1.08 bits per heavy atom. The normalized spacial score (nSPS) is 10.5. The third kappa shape index (κ3) is 4.68. The molecular weight excluding hydrogens is 368 g/mol. The fourth-order valence-corrected chi connectivity index (χ4v) is 2.65. The number of hydrogen-bond acceptors (Lipinski definition) is 2. The molecule has 1 N–H and O–H groups in total. The van der Waals surface area contributed by atoms with Crippen LogP contribution in [0.2, 0.25) is 0 Å². The quantitative estimate of drug-likeness (QED) is 0.830. The van der Waals surface area contributed by atoms with Crippen molar-refractivity contribution in [1.29, 1.82) is 0 Å². The molecule has 0 unspecified atom stereocenters. The van der Waals surface area contributed by atoms with Crippen molar-refractivity contribution < 1.29 is 9.59 Å². The Balaban J connectivity index is 1.98. The van der Waals surface area contributed by atoms with E-state index in [4.69, 9.17) is 0 Å². The van der Waals surface area contributed by atoms with Crippen LogP contribution in [-0.4, -0.2) is 30.3 Å². The summed E-state index contributed by atoms with van der Waals surface area (Å²) in [5.74, 6) is 0.00566. The zero-order chi connectivity index (χ0) is 17.7. The van der Waals surface area contributed by atoms with Crippen molar-refractivity contribution in [2.45, 2.75) is 19.8 Å². The second-order valence-electron chi connectivity index (χ2n) is 5.97. The van der Waals surface area contributed by atoms with Gasteiger partial charge >= 0.3 is 0 Å². The highest BCUT2D eigenvalue weighted by Gasteiger charge is 2.15. The smallest absolute Gasteiger partial charge is 0.254 e. The molecule has 0 radical (unpaired) electrons. The van der Waals surface area contributed by atoms with E-state index in [0.717, 1.165) is 4.47 Å². The van der Waals surface area contributed by atoms with Gasteiger partial charge in [0.15, 0.2) is 0 Å². The number of para-hydroxylation sites is 1. The van der Waals surface area contributed by atoms with E-state index in [1.807, 2.05) is 30.3 Å². The first-order valence-corrected chi connectivity index (χ1v) is 8.57. The van der Waals surface area contributed by atoms with Gasteiger partial charge in [-0.3, -0.25) is 9.59 Å². The number of nitrogens with one attached hydrogen (secondary N) is 1. The zero-order valence-electron chi connectivity index (χ0n) is 14.0. The van der Waals surface area contributed by atoms with Crippen LogP contribution in [0.5, 0.6) is 0 Å². The molecule has 0 spiro atoms. The average Bonchev–Trinajstić information content (AvgIpc) is 2.56. The van der Waals surface area contributed by atoms with E-state index < -0.39 is 0 Å². The van der Waals surface area contributed by atoms with Gasteiger partial charge in [0.25, 0.3) is 5.91 Å². The molecule has 0 aliphatic heterocycles. The van der Waals surface area contributed by atoms with E-state index in [9.17, 15) is 9.59 Å². The number of amides is 2. The summed E-state index contributed by atoms with van der Waals surface area (Å²) in [5.41, 5.74) is 2.45. The summed E-state index contributed by atoms with van der Waals surface area (Å²) in [5, 5.41) is 2.79. The highest BCUT2D eigenvalue weighted by atomic mass is 79.9. The van der Waals surface area contributed by atoms with Crippen molar-refractivity contribution in [1.82, 2.24) is 4.90 Å². The summed E-state index contributed by atoms with van der Waals surface area (Å²) in [6, 6.07) is 14.9. The average molecular weight is 389 g/mol. The second-order valence-corrected chi connectivity index (χ2v) is 6.82. The SMILES string of the molecule is CC(C)c1ccc(C(=O)N(C)CC(=O)Nc2ccccc2Br)cc1. The number of carbonyl (C=O) groups is 2. The van der Waals surface area contributed by atoms with Crippen LogP contribution in [0.3, 0.4) is 0 Å². The second kappa shape index (κ2) is 8.11. The minimum absolute atomic E-state index is 0.00784. The first-order valence-electron chi connectivity index (χ1n) is 7.78. The number of anilines is 1. The van der Waals surface area contributed by atoms with Crippen molar-refractivity contribution in [3.8, 4) is 0 Å². The molecular formula is C19H21BrN2O2. The molecule has 0 aliphatic rings. The number of nitrogens with zero attached hydrogens (tertiary/aromatic N) is 1. The fraction of sp³-hybridized carbons (Fsp3) is 0.263. The number of carbonyl (C=O) groups excluding carboxylic acids is 2. The van der Waals surface area contributed by atoms with Gasteiger partial charge in [0.1, 0.15) is 0 Å². The van der Waals surface area contributed by atoms with Crippen molar-refractivity contribution >= 4 is 33.4 Å². The zero-order valence-corrected chi connectivity index (χ0v) is 15.6. The molecule has 0 atom stereocenters. The van der Waals surface area contributed by atoms with E-state index in [-0.39, 0.29) is 18.4 Å². The lowest BCUT2D eigenvalue weighted by atomic mass is 10.0. The number of rotatable bonds is 5. The van der Waals surface area contributed by atoms with E-state index in [2.05, 4.69) is 35.1 Å². The fourth-order valence-electron chi connectivity index (χ4n) is 2.27. The Bertz CT molecular complexity index is 726. The Hall–Kier alpha value is -2.14. The standard InChI is InChI=1S/C19H21BrN2O2/c1-13(2)14-8-10-15(11-9-14)19(24)22(3)12-18(23)21-17-7-5-4-6-16(17)20/h4-11,13H,12H2,1-3H3,(H,21,23). The minimum Gasteiger partial charge on any atom is -0.332 e. The van der Waals surface area contributed by atoms with Gasteiger partial charge in [-0.15, -0.1) is 0 Å². The molecule has 2 aromatic rings. The van der Waals surface area contributed by atoms with E-state index in [1.165, 1.54) is 10.5 Å². The highest BCUT2D eigenvalue weighted by molar-refractivity contribution is 9.10. The molecule has 0 aliphatic carbocycles. The first kappa shape index (κ1) is 18.2. The molecule has 0 fully saturated rings. The van der Waals surface area contributed by atoms with Crippen LogP contribution >= 0.6 is 15.9 Å². The molecule has 0 saturated carbocycles. The summed E-state index contributed by atoms with van der Waals surface area (Å²) >= 11 is 3.38. The Morgan fingerprint density at radius 2 is 1.71 bits per heavy atom. The molecule has 0 bridgehead atoms. The predicted molar refractivity (Wildman–Crippen MR) is 100 cm³/mol. The van der Waals surface area contributed by atoms with Gasteiger partial charge in [-0.1, -0.05) is 38.1 Å². The van der Waals surface area contributed by atoms with E-state index >= 15 is 0 Å². The number of hydrogen-bond donors (Lipinski definition) is 1. The van der Waals surface area contributed by atoms with Gasteiger partial charge in [0.2, 0.25) is 5.91 Å². The van der Waals surface area contributed by atoms with E-state index in [1.54, 1.807) is 25.2 Å². The van der Waals surface area contributed by atoms with Crippen molar-refractivity contribution in [3.63, 3.8) is 0 Å². The van der Waals surface area contributed by atoms with Crippen LogP contribution in [-0.2, 0) is 4.79 Å². The molecule has 4 nitrogen and oxygen atoms in total. The molecule has 5 heteroatoms. The maximum Gasteiger partial charge on any atom is 0.254 e. The minimum atomic E-state index is -0.239. The maximum atomic E-state index is 12.4. The molecule has 2 rings (SSSR count). The largest absolute Gasteiger partial charge is 0.332 e. The van der Waals surface area contributed by atoms with Crippen molar-refractivity contribution in [3.05, 3.63) is 64.1 Å². The lowest BCUT2D eigenvalue weighted by Gasteiger charge is -2.17. The van der Waals surface area contributed by atoms with Crippen molar-refractivity contribution in [2.24, 2.45) is 0 Å². The highest BCUT2D eigenvalue weighted by Crippen LogP contribution is 2.21. The third-order valence-electron chi connectivity index (χ3n) is 3.70. The van der Waals surface area contributed by atoms with Gasteiger partial charge in [0.05, 0.1) is 12.2 Å². The van der Waals surface area contributed by atoms with Gasteiger partial charge in [0, 0.05) is 17.1 Å². The monoisotopic (exact) mass is 388 g/mol. The number of likely N-dealkylation sites (N-methyl/N-ethyl adjacent to an activating group) is 1. The van der Waals surface area contributed by atoms with Crippen LogP contribution in [0.15, 0.2) is 53.0 Å². The van der Waals surface area contributed by atoms with Gasteiger partial charge in [-0.25, -0.2) is 0 Å². The maximum absolute atomic E-state index is 12.4. The Kier molecular flexibility index (Phi) is 6.15. The van der Waals surface area contributed by atoms with Crippen LogP contribution in [0.25, 0.3) is 0 Å². The summed E-state index contributed by atoms with van der Waals surface area (Å²) in [6.07, 6.45) is 0. The first-order chi connectivity index (χ1) is 11.4. The summed E-state index contributed by atoms with van der Waals surface area (Å²) in [7, 11) is 1.62. The lowest BCUT2D eigenvalue weighted by molar-refractivity contribution is -0.116. The molecule has 0 heterocycles. The summed E-state index contributed by atoms with van der Waals surface area (Å²) in [4.78, 5) is 26.0. The lowest BCUT2D eigenvalue weighted by Crippen LogP contribution is -2.35. The van der Waals surface area contributed by atoms with Gasteiger partial charge in [-0.05, 0) is 51.7 Å². The molecule has 126 valence electrons. The third-order valence-corrected chi connectivity index (χ3v) is 4.39. The van der Waals surface area contributed by atoms with Crippen LogP contribution < -0.4 is 5.32 Å². The number of benzene rings is 2. The van der Waals surface area contributed by atoms with Gasteiger partial charge < -0.3 is 10.2 Å². The molecule has 0 aromatic heterocycles. The topological polar surface area (TPSA) is 49.4 Å².